The summed E-state index contributed by atoms with van der Waals surface area (Å²) in [6.45, 7) is 9.23. The molecule has 0 unspecified atom stereocenters. The highest BCUT2D eigenvalue weighted by Crippen LogP contribution is 2.24. The molecular formula is C16H25FO3S. The normalized spacial score (nSPS) is 12.1. The lowest BCUT2D eigenvalue weighted by Gasteiger charge is -2.06. The van der Waals surface area contributed by atoms with Crippen molar-refractivity contribution in [1.29, 1.82) is 0 Å². The Morgan fingerprint density at radius 3 is 2.38 bits per heavy atom. The number of rotatable bonds is 11. The third-order valence-electron chi connectivity index (χ3n) is 2.73. The molecule has 3 nitrogen and oxygen atoms in total. The highest BCUT2D eigenvalue weighted by molar-refractivity contribution is 7.13. The van der Waals surface area contributed by atoms with Crippen LogP contribution in [-0.4, -0.2) is 33.0 Å². The van der Waals surface area contributed by atoms with Crippen molar-refractivity contribution in [2.45, 2.75) is 33.8 Å². The Balaban J connectivity index is 2.13. The summed E-state index contributed by atoms with van der Waals surface area (Å²) in [6, 6.07) is 1.97. The van der Waals surface area contributed by atoms with Gasteiger partial charge >= 0.3 is 0 Å². The van der Waals surface area contributed by atoms with Gasteiger partial charge in [0.2, 0.25) is 0 Å². The second-order valence-electron chi connectivity index (χ2n) is 4.74. The topological polar surface area (TPSA) is 27.7 Å². The van der Waals surface area contributed by atoms with E-state index in [-0.39, 0.29) is 5.83 Å². The van der Waals surface area contributed by atoms with E-state index in [0.29, 0.717) is 33.0 Å². The number of aryl methyl sites for hydroxylation is 1. The molecule has 0 radical (unpaired) electrons. The van der Waals surface area contributed by atoms with E-state index in [1.54, 1.807) is 17.4 Å². The van der Waals surface area contributed by atoms with Gasteiger partial charge in [-0.05, 0) is 38.0 Å². The fourth-order valence-electron chi connectivity index (χ4n) is 1.72. The van der Waals surface area contributed by atoms with E-state index in [9.17, 15) is 4.39 Å². The van der Waals surface area contributed by atoms with Crippen LogP contribution in [0.1, 0.15) is 35.6 Å². The molecular weight excluding hydrogens is 291 g/mol. The molecule has 0 amide bonds. The summed E-state index contributed by atoms with van der Waals surface area (Å²) in [7, 11) is 0. The van der Waals surface area contributed by atoms with Crippen molar-refractivity contribution in [3.05, 3.63) is 27.2 Å². The van der Waals surface area contributed by atoms with Crippen LogP contribution >= 0.6 is 11.3 Å². The smallest absolute Gasteiger partial charge is 0.0982 e. The lowest BCUT2D eigenvalue weighted by molar-refractivity contribution is 0.0107. The molecule has 120 valence electrons. The van der Waals surface area contributed by atoms with Crippen LogP contribution in [0.25, 0.3) is 6.08 Å². The second-order valence-corrected chi connectivity index (χ2v) is 6.03. The maximum Gasteiger partial charge on any atom is 0.0982 e. The summed E-state index contributed by atoms with van der Waals surface area (Å²) in [6.07, 6.45) is 2.57. The van der Waals surface area contributed by atoms with E-state index >= 15 is 0 Å². The molecule has 0 saturated carbocycles. The van der Waals surface area contributed by atoms with Gasteiger partial charge in [0.1, 0.15) is 0 Å². The molecule has 1 rings (SSSR count). The number of thiophene rings is 1. The Kier molecular flexibility index (Phi) is 9.50. The van der Waals surface area contributed by atoms with Gasteiger partial charge in [0.25, 0.3) is 0 Å². The van der Waals surface area contributed by atoms with Crippen LogP contribution < -0.4 is 0 Å². The van der Waals surface area contributed by atoms with E-state index in [4.69, 9.17) is 14.2 Å². The molecule has 0 bridgehead atoms. The largest absolute Gasteiger partial charge is 0.379 e. The average molecular weight is 316 g/mol. The van der Waals surface area contributed by atoms with Crippen LogP contribution in [-0.2, 0) is 20.8 Å². The Morgan fingerprint density at radius 1 is 1.14 bits per heavy atom. The lowest BCUT2D eigenvalue weighted by Crippen LogP contribution is -2.09. The first kappa shape index (κ1) is 18.3. The van der Waals surface area contributed by atoms with Crippen LogP contribution in [0.3, 0.4) is 0 Å². The van der Waals surface area contributed by atoms with E-state index in [2.05, 4.69) is 6.92 Å². The maximum atomic E-state index is 12.8. The molecule has 1 aromatic rings. The molecule has 0 spiro atoms. The first-order chi connectivity index (χ1) is 10.1. The molecule has 0 aliphatic carbocycles. The Morgan fingerprint density at radius 2 is 1.76 bits per heavy atom. The van der Waals surface area contributed by atoms with Crippen LogP contribution in [0.2, 0.25) is 0 Å². The van der Waals surface area contributed by atoms with Gasteiger partial charge in [-0.15, -0.1) is 11.3 Å². The molecule has 1 aromatic heterocycles. The van der Waals surface area contributed by atoms with Crippen molar-refractivity contribution in [2.24, 2.45) is 0 Å². The highest BCUT2D eigenvalue weighted by atomic mass is 32.1. The zero-order valence-electron chi connectivity index (χ0n) is 13.1. The number of hydrogen-bond acceptors (Lipinski definition) is 4. The fraction of sp³-hybridized carbons (Fsp3) is 0.625. The summed E-state index contributed by atoms with van der Waals surface area (Å²) in [5.41, 5.74) is 1.11. The first-order valence-corrected chi connectivity index (χ1v) is 8.11. The third-order valence-corrected chi connectivity index (χ3v) is 3.77. The van der Waals surface area contributed by atoms with E-state index in [1.165, 1.54) is 6.92 Å². The molecule has 0 saturated heterocycles. The van der Waals surface area contributed by atoms with Crippen LogP contribution in [0, 0.1) is 6.92 Å². The maximum absolute atomic E-state index is 12.8. The molecule has 0 N–H and O–H groups in total. The summed E-state index contributed by atoms with van der Waals surface area (Å²) in [5, 5.41) is 0. The molecule has 0 aliphatic heterocycles. The van der Waals surface area contributed by atoms with Gasteiger partial charge in [0.15, 0.2) is 0 Å². The Labute approximate surface area is 130 Å². The molecule has 1 heterocycles. The number of halogens is 1. The number of allylic oxidation sites excluding steroid dienone is 1. The predicted molar refractivity (Wildman–Crippen MR) is 85.4 cm³/mol. The zero-order valence-corrected chi connectivity index (χ0v) is 13.9. The molecule has 0 aromatic carbocycles. The van der Waals surface area contributed by atoms with Crippen molar-refractivity contribution < 1.29 is 18.6 Å². The average Bonchev–Trinajstić information content (AvgIpc) is 2.76. The van der Waals surface area contributed by atoms with Crippen molar-refractivity contribution in [3.63, 3.8) is 0 Å². The van der Waals surface area contributed by atoms with Gasteiger partial charge in [0, 0.05) is 16.4 Å². The van der Waals surface area contributed by atoms with Gasteiger partial charge in [-0.2, -0.15) is 0 Å². The summed E-state index contributed by atoms with van der Waals surface area (Å²) < 4.78 is 29.1. The highest BCUT2D eigenvalue weighted by Gasteiger charge is 2.04. The minimum Gasteiger partial charge on any atom is -0.379 e. The molecule has 0 fully saturated rings. The second kappa shape index (κ2) is 10.9. The van der Waals surface area contributed by atoms with E-state index < -0.39 is 0 Å². The molecule has 0 atom stereocenters. The minimum absolute atomic E-state index is 0.178. The molecule has 21 heavy (non-hydrogen) atoms. The SMILES string of the molecule is CCCOCCOCCOCc1cc(/C=C(\C)F)sc1C. The van der Waals surface area contributed by atoms with Gasteiger partial charge in [-0.1, -0.05) is 6.92 Å². The summed E-state index contributed by atoms with van der Waals surface area (Å²) in [4.78, 5) is 2.09. The van der Waals surface area contributed by atoms with Crippen LogP contribution in [0.5, 0.6) is 0 Å². The number of ether oxygens (including phenoxy) is 3. The fourth-order valence-corrected chi connectivity index (χ4v) is 2.75. The lowest BCUT2D eigenvalue weighted by atomic mass is 10.2. The first-order valence-electron chi connectivity index (χ1n) is 7.29. The van der Waals surface area contributed by atoms with Crippen molar-refractivity contribution in [2.75, 3.05) is 33.0 Å². The number of hydrogen-bond donors (Lipinski definition) is 0. The minimum atomic E-state index is -0.178. The van der Waals surface area contributed by atoms with Gasteiger partial charge in [-0.3, -0.25) is 0 Å². The van der Waals surface area contributed by atoms with Crippen molar-refractivity contribution in [3.8, 4) is 0 Å². The zero-order chi connectivity index (χ0) is 15.5. The molecule has 5 heteroatoms. The standard InChI is InChI=1S/C16H25FO3S/c1-4-5-18-6-7-19-8-9-20-12-15-11-16(10-13(2)17)21-14(15)3/h10-11H,4-9,12H2,1-3H3/b13-10+. The van der Waals surface area contributed by atoms with Gasteiger partial charge in [0.05, 0.1) is 38.9 Å². The third kappa shape index (κ3) is 8.31. The monoisotopic (exact) mass is 316 g/mol. The quantitative estimate of drug-likeness (QED) is 0.568. The van der Waals surface area contributed by atoms with Crippen molar-refractivity contribution >= 4 is 17.4 Å². The van der Waals surface area contributed by atoms with Crippen LogP contribution in [0.4, 0.5) is 4.39 Å². The summed E-state index contributed by atoms with van der Waals surface area (Å²) >= 11 is 1.58. The Hall–Kier alpha value is -0.750. The van der Waals surface area contributed by atoms with E-state index in [1.807, 2.05) is 13.0 Å². The Bertz CT molecular complexity index is 425. The van der Waals surface area contributed by atoms with E-state index in [0.717, 1.165) is 28.3 Å². The summed E-state index contributed by atoms with van der Waals surface area (Å²) in [5.74, 6) is -0.178. The molecule has 0 aliphatic rings. The van der Waals surface area contributed by atoms with Crippen molar-refractivity contribution in [1.82, 2.24) is 0 Å². The van der Waals surface area contributed by atoms with Crippen LogP contribution in [0.15, 0.2) is 11.9 Å². The van der Waals surface area contributed by atoms with Gasteiger partial charge < -0.3 is 14.2 Å². The predicted octanol–water partition coefficient (Wildman–Crippen LogP) is 4.35. The van der Waals surface area contributed by atoms with Gasteiger partial charge in [-0.25, -0.2) is 4.39 Å².